The van der Waals surface area contributed by atoms with Gasteiger partial charge in [0.05, 0.1) is 43.6 Å². The van der Waals surface area contributed by atoms with E-state index in [2.05, 4.69) is 66.1 Å². The fourth-order valence-electron chi connectivity index (χ4n) is 3.80. The summed E-state index contributed by atoms with van der Waals surface area (Å²) in [6.45, 7) is 3.67. The lowest BCUT2D eigenvalue weighted by molar-refractivity contribution is -0.139. The van der Waals surface area contributed by atoms with Gasteiger partial charge >= 0.3 is 5.97 Å². The first-order valence-corrected chi connectivity index (χ1v) is 14.1. The standard InChI is InChI=1S/C24H19BrI2N2O5S/c1-4-34-23(32)19-11(2)28-24-29(20(19)12-5-6-17(33-3)15(25)8-12)22(31)18(35-24)9-13-7-14(26)10-16(27)21(13)30/h5-10,20,30H,4H2,1-3H3/b18-9+/t20-/m0/s1. The van der Waals surface area contributed by atoms with Gasteiger partial charge in [-0.25, -0.2) is 9.79 Å². The number of phenolic OH excluding ortho intramolecular Hbond substituents is 1. The Hall–Kier alpha value is -1.71. The lowest BCUT2D eigenvalue weighted by Crippen LogP contribution is -2.40. The number of thiazole rings is 1. The highest BCUT2D eigenvalue weighted by atomic mass is 127. The fraction of sp³-hybridized carbons (Fsp3) is 0.208. The number of hydrogen-bond donors (Lipinski definition) is 1. The van der Waals surface area contributed by atoms with Gasteiger partial charge in [0.25, 0.3) is 5.56 Å². The number of esters is 1. The van der Waals surface area contributed by atoms with Crippen molar-refractivity contribution in [1.29, 1.82) is 0 Å². The van der Waals surface area contributed by atoms with Crippen LogP contribution in [0.15, 0.2) is 55.9 Å². The highest BCUT2D eigenvalue weighted by Crippen LogP contribution is 2.35. The summed E-state index contributed by atoms with van der Waals surface area (Å²) in [6, 6.07) is 8.34. The van der Waals surface area contributed by atoms with Gasteiger partial charge in [-0.05, 0) is 111 Å². The second-order valence-corrected chi connectivity index (χ2v) is 11.8. The van der Waals surface area contributed by atoms with Crippen LogP contribution in [0.3, 0.4) is 0 Å². The van der Waals surface area contributed by atoms with E-state index in [0.29, 0.717) is 45.5 Å². The Morgan fingerprint density at radius 2 is 2.06 bits per heavy atom. The number of aromatic nitrogens is 1. The van der Waals surface area contributed by atoms with Gasteiger partial charge in [0.15, 0.2) is 4.80 Å². The van der Waals surface area contributed by atoms with Crippen LogP contribution in [0.4, 0.5) is 0 Å². The third-order valence-corrected chi connectivity index (χ3v) is 8.40. The predicted molar refractivity (Wildman–Crippen MR) is 155 cm³/mol. The SMILES string of the molecule is CCOC(=O)C1=C(C)N=c2s/c(=C/c3cc(I)cc(I)c3O)c(=O)n2[C@H]1c1ccc(OC)c(Br)c1. The first-order chi connectivity index (χ1) is 16.7. The molecule has 1 atom stereocenters. The number of ether oxygens (including phenoxy) is 2. The summed E-state index contributed by atoms with van der Waals surface area (Å²) in [6.07, 6.45) is 1.66. The molecule has 0 radical (unpaired) electrons. The van der Waals surface area contributed by atoms with Crippen molar-refractivity contribution in [2.45, 2.75) is 19.9 Å². The Kier molecular flexibility index (Phi) is 8.08. The van der Waals surface area contributed by atoms with E-state index in [1.165, 1.54) is 15.9 Å². The van der Waals surface area contributed by atoms with Crippen LogP contribution >= 0.6 is 72.4 Å². The second kappa shape index (κ2) is 10.7. The topological polar surface area (TPSA) is 90.1 Å². The molecule has 0 unspecified atom stereocenters. The number of benzene rings is 2. The first kappa shape index (κ1) is 26.4. The van der Waals surface area contributed by atoms with Crippen molar-refractivity contribution in [1.82, 2.24) is 4.57 Å². The monoisotopic (exact) mass is 780 g/mol. The number of hydrogen-bond acceptors (Lipinski definition) is 7. The average Bonchev–Trinajstić information content (AvgIpc) is 3.10. The number of rotatable bonds is 5. The third kappa shape index (κ3) is 5.09. The van der Waals surface area contributed by atoms with Gasteiger partial charge in [0.2, 0.25) is 0 Å². The van der Waals surface area contributed by atoms with Crippen molar-refractivity contribution in [3.05, 3.63) is 84.0 Å². The lowest BCUT2D eigenvalue weighted by Gasteiger charge is -2.25. The number of fused-ring (bicyclic) bond motifs is 1. The summed E-state index contributed by atoms with van der Waals surface area (Å²) in [4.78, 5) is 31.8. The molecule has 0 saturated carbocycles. The normalized spacial score (nSPS) is 15.6. The Bertz CT molecular complexity index is 1560. The number of carbonyl (C=O) groups is 1. The minimum atomic E-state index is -0.737. The summed E-state index contributed by atoms with van der Waals surface area (Å²) in [5, 5.41) is 10.5. The average molecular weight is 781 g/mol. The number of carbonyl (C=O) groups excluding carboxylic acids is 1. The molecular weight excluding hydrogens is 762 g/mol. The van der Waals surface area contributed by atoms with E-state index in [4.69, 9.17) is 9.47 Å². The lowest BCUT2D eigenvalue weighted by atomic mass is 9.96. The molecule has 0 amide bonds. The minimum absolute atomic E-state index is 0.107. The van der Waals surface area contributed by atoms with Crippen molar-refractivity contribution in [3.8, 4) is 11.5 Å². The Balaban J connectivity index is 1.99. The molecule has 0 saturated heterocycles. The van der Waals surface area contributed by atoms with Crippen molar-refractivity contribution < 1.29 is 19.4 Å². The Labute approximate surface area is 240 Å². The van der Waals surface area contributed by atoms with Crippen molar-refractivity contribution in [3.63, 3.8) is 0 Å². The molecule has 1 aromatic heterocycles. The number of allylic oxidation sites excluding steroid dienone is 1. The largest absolute Gasteiger partial charge is 0.506 e. The number of phenols is 1. The molecule has 0 spiro atoms. The summed E-state index contributed by atoms with van der Waals surface area (Å²) in [5.74, 6) is 0.212. The molecule has 0 aliphatic carbocycles. The van der Waals surface area contributed by atoms with Crippen molar-refractivity contribution in [2.75, 3.05) is 13.7 Å². The van der Waals surface area contributed by atoms with E-state index < -0.39 is 12.0 Å². The molecule has 182 valence electrons. The molecule has 3 aromatic rings. The second-order valence-electron chi connectivity index (χ2n) is 7.52. The summed E-state index contributed by atoms with van der Waals surface area (Å²) >= 11 is 8.94. The van der Waals surface area contributed by atoms with Crippen LogP contribution in [0.2, 0.25) is 0 Å². The van der Waals surface area contributed by atoms with Crippen LogP contribution in [-0.2, 0) is 9.53 Å². The minimum Gasteiger partial charge on any atom is -0.506 e. The molecule has 11 heteroatoms. The Morgan fingerprint density at radius 1 is 1.31 bits per heavy atom. The molecule has 1 N–H and O–H groups in total. The van der Waals surface area contributed by atoms with Gasteiger partial charge in [-0.3, -0.25) is 9.36 Å². The maximum Gasteiger partial charge on any atom is 0.338 e. The van der Waals surface area contributed by atoms with Crippen LogP contribution in [0.5, 0.6) is 11.5 Å². The van der Waals surface area contributed by atoms with Gasteiger partial charge in [-0.1, -0.05) is 17.4 Å². The summed E-state index contributed by atoms with van der Waals surface area (Å²) < 4.78 is 14.9. The number of aromatic hydroxyl groups is 1. The molecule has 7 nitrogen and oxygen atoms in total. The molecule has 2 heterocycles. The molecule has 0 fully saturated rings. The third-order valence-electron chi connectivity index (χ3n) is 5.35. The van der Waals surface area contributed by atoms with Gasteiger partial charge < -0.3 is 14.6 Å². The van der Waals surface area contributed by atoms with E-state index in [9.17, 15) is 14.7 Å². The zero-order chi connectivity index (χ0) is 25.4. The molecule has 1 aliphatic heterocycles. The van der Waals surface area contributed by atoms with Crippen LogP contribution in [0.1, 0.15) is 31.0 Å². The smallest absolute Gasteiger partial charge is 0.338 e. The highest BCUT2D eigenvalue weighted by molar-refractivity contribution is 14.1. The number of halogens is 3. The van der Waals surface area contributed by atoms with Gasteiger partial charge in [0.1, 0.15) is 11.5 Å². The number of methoxy groups -OCH3 is 1. The Morgan fingerprint density at radius 3 is 2.71 bits per heavy atom. The van der Waals surface area contributed by atoms with Crippen molar-refractivity contribution >= 4 is 84.5 Å². The highest BCUT2D eigenvalue weighted by Gasteiger charge is 2.33. The van der Waals surface area contributed by atoms with E-state index in [1.807, 2.05) is 24.3 Å². The first-order valence-electron chi connectivity index (χ1n) is 10.4. The van der Waals surface area contributed by atoms with E-state index in [-0.39, 0.29) is 17.9 Å². The van der Waals surface area contributed by atoms with Gasteiger partial charge in [-0.15, -0.1) is 0 Å². The maximum atomic E-state index is 13.7. The van der Waals surface area contributed by atoms with E-state index >= 15 is 0 Å². The van der Waals surface area contributed by atoms with Gasteiger partial charge in [0, 0.05) is 9.13 Å². The van der Waals surface area contributed by atoms with Crippen LogP contribution in [-0.4, -0.2) is 29.4 Å². The van der Waals surface area contributed by atoms with E-state index in [1.54, 1.807) is 33.1 Å². The predicted octanol–water partition coefficient (Wildman–Crippen LogP) is 4.48. The summed E-state index contributed by atoms with van der Waals surface area (Å²) in [7, 11) is 1.57. The number of nitrogens with zero attached hydrogens (tertiary/aromatic N) is 2. The van der Waals surface area contributed by atoms with Crippen LogP contribution in [0, 0.1) is 7.14 Å². The van der Waals surface area contributed by atoms with Crippen LogP contribution < -0.4 is 19.6 Å². The zero-order valence-electron chi connectivity index (χ0n) is 18.8. The molecule has 0 bridgehead atoms. The molecule has 4 rings (SSSR count). The molecule has 2 aromatic carbocycles. The van der Waals surface area contributed by atoms with Crippen LogP contribution in [0.25, 0.3) is 6.08 Å². The van der Waals surface area contributed by atoms with Gasteiger partial charge in [-0.2, -0.15) is 0 Å². The maximum absolute atomic E-state index is 13.7. The van der Waals surface area contributed by atoms with Crippen molar-refractivity contribution in [2.24, 2.45) is 4.99 Å². The summed E-state index contributed by atoms with van der Waals surface area (Å²) in [5.41, 5.74) is 1.72. The molecule has 1 aliphatic rings. The zero-order valence-corrected chi connectivity index (χ0v) is 25.5. The quantitative estimate of drug-likeness (QED) is 0.305. The fourth-order valence-corrected chi connectivity index (χ4v) is 7.28. The molecule has 35 heavy (non-hydrogen) atoms. The van der Waals surface area contributed by atoms with E-state index in [0.717, 1.165) is 3.57 Å². The molecular formula is C24H19BrI2N2O5S.